The summed E-state index contributed by atoms with van der Waals surface area (Å²) in [5, 5.41) is 0. The Kier molecular flexibility index (Phi) is 2.80. The van der Waals surface area contributed by atoms with Gasteiger partial charge in [0.2, 0.25) is 0 Å². The second-order valence-electron chi connectivity index (χ2n) is 3.62. The van der Waals surface area contributed by atoms with Crippen LogP contribution in [0.2, 0.25) is 0 Å². The molecule has 15 heavy (non-hydrogen) atoms. The molecule has 0 bridgehead atoms. The molecule has 1 fully saturated rings. The zero-order chi connectivity index (χ0) is 10.9. The molecule has 1 aliphatic rings. The van der Waals surface area contributed by atoms with Crippen molar-refractivity contribution in [1.82, 2.24) is 0 Å². The first-order valence-electron chi connectivity index (χ1n) is 4.60. The molecule has 0 aromatic heterocycles. The number of hydrogen-bond acceptors (Lipinski definition) is 3. The van der Waals surface area contributed by atoms with Gasteiger partial charge in [-0.15, -0.1) is 0 Å². The molecule has 4 heteroatoms. The fourth-order valence-corrected chi connectivity index (χ4v) is 2.14. The number of aldehydes is 1. The van der Waals surface area contributed by atoms with Crippen LogP contribution in [0.5, 0.6) is 5.75 Å². The summed E-state index contributed by atoms with van der Waals surface area (Å²) < 4.78 is 11.1. The Labute approximate surface area is 96.5 Å². The van der Waals surface area contributed by atoms with Crippen molar-refractivity contribution in [3.05, 3.63) is 28.2 Å². The monoisotopic (exact) mass is 270 g/mol. The van der Waals surface area contributed by atoms with E-state index in [2.05, 4.69) is 15.9 Å². The van der Waals surface area contributed by atoms with Gasteiger partial charge in [-0.25, -0.2) is 0 Å². The molecule has 2 rings (SSSR count). The van der Waals surface area contributed by atoms with Gasteiger partial charge in [-0.05, 0) is 33.6 Å². The van der Waals surface area contributed by atoms with Crippen molar-refractivity contribution in [3.8, 4) is 5.75 Å². The van der Waals surface area contributed by atoms with Crippen molar-refractivity contribution in [2.45, 2.75) is 5.41 Å². The van der Waals surface area contributed by atoms with Crippen LogP contribution in [0.25, 0.3) is 0 Å². The van der Waals surface area contributed by atoms with E-state index in [9.17, 15) is 4.79 Å². The Morgan fingerprint density at radius 3 is 2.67 bits per heavy atom. The number of hydrogen-bond donors (Lipinski definition) is 0. The summed E-state index contributed by atoms with van der Waals surface area (Å²) in [7, 11) is 1.61. The quantitative estimate of drug-likeness (QED) is 0.788. The van der Waals surface area contributed by atoms with E-state index in [-0.39, 0.29) is 0 Å². The van der Waals surface area contributed by atoms with Crippen LogP contribution < -0.4 is 4.74 Å². The molecule has 1 heterocycles. The van der Waals surface area contributed by atoms with Gasteiger partial charge in [0.25, 0.3) is 0 Å². The van der Waals surface area contributed by atoms with Crippen LogP contribution in [0.4, 0.5) is 0 Å². The lowest BCUT2D eigenvalue weighted by Gasteiger charge is -2.37. The minimum atomic E-state index is -0.450. The molecule has 80 valence electrons. The maximum absolute atomic E-state index is 11.0. The van der Waals surface area contributed by atoms with Gasteiger partial charge in [0.15, 0.2) is 0 Å². The van der Waals surface area contributed by atoms with Gasteiger partial charge in [0.1, 0.15) is 12.0 Å². The van der Waals surface area contributed by atoms with Crippen LogP contribution in [0.15, 0.2) is 22.7 Å². The fraction of sp³-hybridized carbons (Fsp3) is 0.364. The van der Waals surface area contributed by atoms with Crippen LogP contribution in [0.3, 0.4) is 0 Å². The Morgan fingerprint density at radius 2 is 2.27 bits per heavy atom. The number of carbonyl (C=O) groups is 1. The highest BCUT2D eigenvalue weighted by atomic mass is 79.9. The van der Waals surface area contributed by atoms with E-state index in [1.807, 2.05) is 18.2 Å². The molecule has 0 amide bonds. The normalized spacial score (nSPS) is 18.0. The largest absolute Gasteiger partial charge is 0.496 e. The zero-order valence-electron chi connectivity index (χ0n) is 8.33. The number of halogens is 1. The van der Waals surface area contributed by atoms with Crippen molar-refractivity contribution in [2.24, 2.45) is 0 Å². The van der Waals surface area contributed by atoms with Crippen molar-refractivity contribution < 1.29 is 14.3 Å². The predicted molar refractivity (Wildman–Crippen MR) is 59.3 cm³/mol. The lowest BCUT2D eigenvalue weighted by atomic mass is 9.80. The van der Waals surface area contributed by atoms with Crippen LogP contribution in [-0.4, -0.2) is 26.6 Å². The van der Waals surface area contributed by atoms with Crippen LogP contribution in [-0.2, 0) is 14.9 Å². The predicted octanol–water partition coefficient (Wildman–Crippen LogP) is 1.92. The third-order valence-electron chi connectivity index (χ3n) is 2.67. The molecule has 1 saturated heterocycles. The first-order valence-corrected chi connectivity index (χ1v) is 5.39. The van der Waals surface area contributed by atoms with E-state index in [0.717, 1.165) is 22.1 Å². The molecule has 0 saturated carbocycles. The van der Waals surface area contributed by atoms with Gasteiger partial charge in [-0.3, -0.25) is 0 Å². The van der Waals surface area contributed by atoms with Gasteiger partial charge in [0, 0.05) is 0 Å². The van der Waals surface area contributed by atoms with Crippen LogP contribution in [0, 0.1) is 0 Å². The molecule has 0 spiro atoms. The smallest absolute Gasteiger partial charge is 0.135 e. The molecule has 1 aliphatic heterocycles. The molecule has 1 aromatic carbocycles. The SMILES string of the molecule is COc1ccc(C2(C=O)COC2)cc1Br. The number of benzene rings is 1. The average Bonchev–Trinajstić information content (AvgIpc) is 2.17. The molecular weight excluding hydrogens is 260 g/mol. The first kappa shape index (κ1) is 10.6. The third-order valence-corrected chi connectivity index (χ3v) is 3.29. The molecule has 3 nitrogen and oxygen atoms in total. The fourth-order valence-electron chi connectivity index (χ4n) is 1.60. The minimum Gasteiger partial charge on any atom is -0.496 e. The Balaban J connectivity index is 2.37. The maximum Gasteiger partial charge on any atom is 0.135 e. The minimum absolute atomic E-state index is 0.450. The van der Waals surface area contributed by atoms with E-state index in [0.29, 0.717) is 13.2 Å². The van der Waals surface area contributed by atoms with Gasteiger partial charge in [-0.2, -0.15) is 0 Å². The van der Waals surface area contributed by atoms with Gasteiger partial charge in [0.05, 0.1) is 30.2 Å². The summed E-state index contributed by atoms with van der Waals surface area (Å²) in [5.74, 6) is 0.764. The van der Waals surface area contributed by atoms with E-state index < -0.39 is 5.41 Å². The molecular formula is C11H11BrO3. The summed E-state index contributed by atoms with van der Waals surface area (Å²) >= 11 is 3.40. The Bertz CT molecular complexity index is 385. The van der Waals surface area contributed by atoms with Gasteiger partial charge >= 0.3 is 0 Å². The average molecular weight is 271 g/mol. The second-order valence-corrected chi connectivity index (χ2v) is 4.47. The van der Waals surface area contributed by atoms with E-state index in [1.54, 1.807) is 7.11 Å². The van der Waals surface area contributed by atoms with Gasteiger partial charge in [-0.1, -0.05) is 6.07 Å². The van der Waals surface area contributed by atoms with Crippen molar-refractivity contribution in [3.63, 3.8) is 0 Å². The third kappa shape index (κ3) is 1.68. The number of ether oxygens (including phenoxy) is 2. The number of carbonyl (C=O) groups excluding carboxylic acids is 1. The highest BCUT2D eigenvalue weighted by molar-refractivity contribution is 9.10. The van der Waals surface area contributed by atoms with Crippen molar-refractivity contribution in [1.29, 1.82) is 0 Å². The molecule has 0 unspecified atom stereocenters. The summed E-state index contributed by atoms with van der Waals surface area (Å²) in [4.78, 5) is 11.0. The van der Waals surface area contributed by atoms with E-state index >= 15 is 0 Å². The summed E-state index contributed by atoms with van der Waals surface area (Å²) in [6.45, 7) is 0.935. The number of rotatable bonds is 3. The molecule has 0 radical (unpaired) electrons. The number of methoxy groups -OCH3 is 1. The lowest BCUT2D eigenvalue weighted by Crippen LogP contribution is -2.48. The standard InChI is InChI=1S/C11H11BrO3/c1-14-10-3-2-8(4-9(10)12)11(5-13)6-15-7-11/h2-5H,6-7H2,1H3. The van der Waals surface area contributed by atoms with E-state index in [4.69, 9.17) is 9.47 Å². The first-order chi connectivity index (χ1) is 7.22. The van der Waals surface area contributed by atoms with E-state index in [1.165, 1.54) is 0 Å². The molecule has 0 atom stereocenters. The second kappa shape index (κ2) is 3.94. The Morgan fingerprint density at radius 1 is 1.53 bits per heavy atom. The highest BCUT2D eigenvalue weighted by Gasteiger charge is 2.40. The van der Waals surface area contributed by atoms with Crippen molar-refractivity contribution >= 4 is 22.2 Å². The lowest BCUT2D eigenvalue weighted by molar-refractivity contribution is -0.129. The zero-order valence-corrected chi connectivity index (χ0v) is 9.91. The van der Waals surface area contributed by atoms with Crippen LogP contribution in [0.1, 0.15) is 5.56 Å². The maximum atomic E-state index is 11.0. The Hall–Kier alpha value is -0.870. The van der Waals surface area contributed by atoms with Crippen molar-refractivity contribution in [2.75, 3.05) is 20.3 Å². The van der Waals surface area contributed by atoms with Crippen LogP contribution >= 0.6 is 15.9 Å². The topological polar surface area (TPSA) is 35.5 Å². The molecule has 0 aliphatic carbocycles. The molecule has 0 N–H and O–H groups in total. The summed E-state index contributed by atoms with van der Waals surface area (Å²) in [6.07, 6.45) is 0.963. The summed E-state index contributed by atoms with van der Waals surface area (Å²) in [5.41, 5.74) is 0.519. The summed E-state index contributed by atoms with van der Waals surface area (Å²) in [6, 6.07) is 5.67. The highest BCUT2D eigenvalue weighted by Crippen LogP contribution is 2.35. The van der Waals surface area contributed by atoms with Gasteiger partial charge < -0.3 is 14.3 Å². The molecule has 1 aromatic rings.